The van der Waals surface area contributed by atoms with Gasteiger partial charge in [0.15, 0.2) is 0 Å². The fourth-order valence-corrected chi connectivity index (χ4v) is 2.94. The van der Waals surface area contributed by atoms with Crippen molar-refractivity contribution in [1.82, 2.24) is 0 Å². The molecule has 2 nitrogen and oxygen atoms in total. The molecule has 2 saturated heterocycles. The van der Waals surface area contributed by atoms with E-state index in [1.807, 2.05) is 0 Å². The van der Waals surface area contributed by atoms with Gasteiger partial charge in [0, 0.05) is 5.92 Å². The quantitative estimate of drug-likeness (QED) is 0.599. The predicted molar refractivity (Wildman–Crippen MR) is 47.1 cm³/mol. The van der Waals surface area contributed by atoms with Crippen molar-refractivity contribution >= 4 is 0 Å². The molecule has 2 heterocycles. The van der Waals surface area contributed by atoms with Crippen LogP contribution in [0, 0.1) is 5.92 Å². The second kappa shape index (κ2) is 2.46. The maximum atomic E-state index is 6.00. The molecule has 2 bridgehead atoms. The molecule has 2 heteroatoms. The van der Waals surface area contributed by atoms with Crippen molar-refractivity contribution in [2.75, 3.05) is 0 Å². The molecule has 0 aromatic rings. The van der Waals surface area contributed by atoms with E-state index in [1.165, 1.54) is 0 Å². The lowest BCUT2D eigenvalue weighted by molar-refractivity contribution is -0.175. The Bertz CT molecular complexity index is 192. The first-order valence-corrected chi connectivity index (χ1v) is 4.95. The number of hydrogen-bond acceptors (Lipinski definition) is 2. The summed E-state index contributed by atoms with van der Waals surface area (Å²) in [6, 6.07) is 0. The van der Waals surface area contributed by atoms with Gasteiger partial charge >= 0.3 is 0 Å². The van der Waals surface area contributed by atoms with Gasteiger partial charge in [-0.25, -0.2) is 0 Å². The summed E-state index contributed by atoms with van der Waals surface area (Å²) >= 11 is 0. The zero-order valence-electron chi connectivity index (χ0n) is 8.33. The molecule has 2 rings (SSSR count). The number of hydrogen-bond donors (Lipinski definition) is 0. The molecule has 5 atom stereocenters. The molecule has 2 aliphatic heterocycles. The van der Waals surface area contributed by atoms with Gasteiger partial charge in [-0.15, -0.1) is 0 Å². The highest BCUT2D eigenvalue weighted by Crippen LogP contribution is 2.49. The van der Waals surface area contributed by atoms with Crippen LogP contribution < -0.4 is 0 Å². The third-order valence-electron chi connectivity index (χ3n) is 3.73. The van der Waals surface area contributed by atoms with E-state index in [0.29, 0.717) is 12.0 Å². The van der Waals surface area contributed by atoms with Crippen molar-refractivity contribution in [2.24, 2.45) is 5.92 Å². The second-order valence-electron chi connectivity index (χ2n) is 4.16. The normalized spacial score (nSPS) is 58.0. The monoisotopic (exact) mass is 170 g/mol. The zero-order valence-corrected chi connectivity index (χ0v) is 8.33. The number of fused-ring (bicyclic) bond motifs is 2. The lowest BCUT2D eigenvalue weighted by atomic mass is 9.84. The van der Waals surface area contributed by atoms with E-state index in [9.17, 15) is 0 Å². The summed E-state index contributed by atoms with van der Waals surface area (Å²) in [5.41, 5.74) is 0.0179. The van der Waals surface area contributed by atoms with E-state index >= 15 is 0 Å². The molecule has 0 amide bonds. The standard InChI is InChI=1S/C10H18O2/c1-5-10-6(2)9(7(3)12-10)11-8(10)4/h6-9H,5H2,1-4H3. The Labute approximate surface area is 74.2 Å². The van der Waals surface area contributed by atoms with Crippen LogP contribution in [-0.4, -0.2) is 23.9 Å². The SMILES string of the molecule is CCC12OC(C)C(OC1C)C2C. The maximum absolute atomic E-state index is 6.00. The Balaban J connectivity index is 2.30. The van der Waals surface area contributed by atoms with E-state index in [4.69, 9.17) is 9.47 Å². The molecule has 0 aromatic heterocycles. The average Bonchev–Trinajstić information content (AvgIpc) is 2.41. The summed E-state index contributed by atoms with van der Waals surface area (Å²) < 4.78 is 11.9. The van der Waals surface area contributed by atoms with E-state index in [2.05, 4.69) is 27.7 Å². The fraction of sp³-hybridized carbons (Fsp3) is 1.00. The van der Waals surface area contributed by atoms with E-state index in [0.717, 1.165) is 6.42 Å². The van der Waals surface area contributed by atoms with Crippen LogP contribution in [0.15, 0.2) is 0 Å². The summed E-state index contributed by atoms with van der Waals surface area (Å²) in [7, 11) is 0. The Morgan fingerprint density at radius 1 is 1.25 bits per heavy atom. The van der Waals surface area contributed by atoms with Gasteiger partial charge in [0.2, 0.25) is 0 Å². The predicted octanol–water partition coefficient (Wildman–Crippen LogP) is 1.98. The van der Waals surface area contributed by atoms with E-state index in [-0.39, 0.29) is 17.8 Å². The molecular formula is C10H18O2. The van der Waals surface area contributed by atoms with Crippen LogP contribution in [0.25, 0.3) is 0 Å². The van der Waals surface area contributed by atoms with Gasteiger partial charge in [-0.2, -0.15) is 0 Å². The Kier molecular flexibility index (Phi) is 1.74. The van der Waals surface area contributed by atoms with Crippen molar-refractivity contribution in [2.45, 2.75) is 58.0 Å². The van der Waals surface area contributed by atoms with Crippen LogP contribution in [0.4, 0.5) is 0 Å². The summed E-state index contributed by atoms with van der Waals surface area (Å²) in [6.07, 6.45) is 1.96. The summed E-state index contributed by atoms with van der Waals surface area (Å²) in [6.45, 7) is 8.69. The minimum Gasteiger partial charge on any atom is -0.369 e. The molecule has 0 N–H and O–H groups in total. The van der Waals surface area contributed by atoms with Crippen molar-refractivity contribution in [3.8, 4) is 0 Å². The van der Waals surface area contributed by atoms with Crippen molar-refractivity contribution < 1.29 is 9.47 Å². The smallest absolute Gasteiger partial charge is 0.0993 e. The van der Waals surface area contributed by atoms with Gasteiger partial charge in [0.25, 0.3) is 0 Å². The highest BCUT2D eigenvalue weighted by Gasteiger charge is 2.60. The highest BCUT2D eigenvalue weighted by atomic mass is 16.6. The highest BCUT2D eigenvalue weighted by molar-refractivity contribution is 5.07. The minimum atomic E-state index is 0.0179. The molecule has 0 radical (unpaired) electrons. The largest absolute Gasteiger partial charge is 0.369 e. The van der Waals surface area contributed by atoms with E-state index < -0.39 is 0 Å². The Hall–Kier alpha value is -0.0800. The van der Waals surface area contributed by atoms with Gasteiger partial charge in [0.05, 0.1) is 23.9 Å². The molecule has 2 aliphatic rings. The van der Waals surface area contributed by atoms with Crippen LogP contribution >= 0.6 is 0 Å². The fourth-order valence-electron chi connectivity index (χ4n) is 2.94. The first-order valence-electron chi connectivity index (χ1n) is 4.95. The van der Waals surface area contributed by atoms with Crippen LogP contribution in [-0.2, 0) is 9.47 Å². The van der Waals surface area contributed by atoms with E-state index in [1.54, 1.807) is 0 Å². The Morgan fingerprint density at radius 3 is 2.25 bits per heavy atom. The Morgan fingerprint density at radius 2 is 1.92 bits per heavy atom. The van der Waals surface area contributed by atoms with Crippen molar-refractivity contribution in [3.05, 3.63) is 0 Å². The third-order valence-corrected chi connectivity index (χ3v) is 3.73. The molecule has 0 aliphatic carbocycles. The van der Waals surface area contributed by atoms with Crippen LogP contribution in [0.5, 0.6) is 0 Å². The number of rotatable bonds is 1. The molecule has 70 valence electrons. The third kappa shape index (κ3) is 0.775. The maximum Gasteiger partial charge on any atom is 0.0993 e. The lowest BCUT2D eigenvalue weighted by Gasteiger charge is -2.34. The zero-order chi connectivity index (χ0) is 8.93. The summed E-state index contributed by atoms with van der Waals surface area (Å²) in [5, 5.41) is 0. The minimum absolute atomic E-state index is 0.0179. The molecular weight excluding hydrogens is 152 g/mol. The molecule has 0 spiro atoms. The van der Waals surface area contributed by atoms with Gasteiger partial charge in [-0.3, -0.25) is 0 Å². The molecule has 2 fully saturated rings. The van der Waals surface area contributed by atoms with Crippen molar-refractivity contribution in [3.63, 3.8) is 0 Å². The van der Waals surface area contributed by atoms with Gasteiger partial charge in [-0.1, -0.05) is 13.8 Å². The van der Waals surface area contributed by atoms with Gasteiger partial charge in [0.1, 0.15) is 0 Å². The second-order valence-corrected chi connectivity index (χ2v) is 4.16. The molecule has 5 unspecified atom stereocenters. The van der Waals surface area contributed by atoms with Gasteiger partial charge in [-0.05, 0) is 20.3 Å². The van der Waals surface area contributed by atoms with Crippen LogP contribution in [0.1, 0.15) is 34.1 Å². The summed E-state index contributed by atoms with van der Waals surface area (Å²) in [4.78, 5) is 0. The van der Waals surface area contributed by atoms with Crippen LogP contribution in [0.2, 0.25) is 0 Å². The first-order chi connectivity index (χ1) is 5.62. The number of ether oxygens (including phenoxy) is 2. The van der Waals surface area contributed by atoms with Crippen LogP contribution in [0.3, 0.4) is 0 Å². The molecule has 0 saturated carbocycles. The summed E-state index contributed by atoms with van der Waals surface area (Å²) in [5.74, 6) is 0.562. The average molecular weight is 170 g/mol. The lowest BCUT2D eigenvalue weighted by Crippen LogP contribution is -2.43. The van der Waals surface area contributed by atoms with Crippen molar-refractivity contribution in [1.29, 1.82) is 0 Å². The first kappa shape index (κ1) is 8.52. The molecule has 12 heavy (non-hydrogen) atoms. The molecule has 0 aromatic carbocycles. The topological polar surface area (TPSA) is 18.5 Å². The van der Waals surface area contributed by atoms with Gasteiger partial charge < -0.3 is 9.47 Å².